The summed E-state index contributed by atoms with van der Waals surface area (Å²) >= 11 is 0. The fourth-order valence-electron chi connectivity index (χ4n) is 3.86. The average molecular weight is 444 g/mol. The van der Waals surface area contributed by atoms with Crippen molar-refractivity contribution in [2.75, 3.05) is 38.5 Å². The van der Waals surface area contributed by atoms with Crippen molar-refractivity contribution in [3.05, 3.63) is 0 Å². The number of carbonyl (C=O) groups excluding carboxylic acids is 1. The van der Waals surface area contributed by atoms with Crippen molar-refractivity contribution < 1.29 is 62.0 Å². The number of hydrogen-bond acceptors (Lipinski definition) is 7. The Bertz CT molecular complexity index is 614. The topological polar surface area (TPSA) is 127 Å². The number of unbranched alkanes of at least 4 members (excludes halogenated alkanes) is 7. The van der Waals surface area contributed by atoms with E-state index in [1.165, 1.54) is 32.1 Å². The van der Waals surface area contributed by atoms with Gasteiger partial charge < -0.3 is 14.8 Å². The van der Waals surface area contributed by atoms with Crippen LogP contribution in [-0.4, -0.2) is 83.9 Å². The number of aliphatic hydroxyl groups excluding tert-OH is 2. The van der Waals surface area contributed by atoms with Crippen molar-refractivity contribution in [3.63, 3.8) is 0 Å². The van der Waals surface area contributed by atoms with Crippen LogP contribution in [0.5, 0.6) is 0 Å². The summed E-state index contributed by atoms with van der Waals surface area (Å²) in [6.45, 7) is 2.82. The molecule has 0 fully saturated rings. The summed E-state index contributed by atoms with van der Waals surface area (Å²) in [5.41, 5.74) is 0. The maximum absolute atomic E-state index is 12.7. The number of nitrogens with zero attached hydrogens (tertiary/aromatic N) is 2. The first-order valence-corrected chi connectivity index (χ1v) is 12.0. The number of quaternary nitrogens is 1. The molecule has 0 saturated carbocycles. The van der Waals surface area contributed by atoms with Crippen LogP contribution in [0.15, 0.2) is 4.99 Å². The molecule has 0 amide bonds. The summed E-state index contributed by atoms with van der Waals surface area (Å²) in [6, 6.07) is 0. The summed E-state index contributed by atoms with van der Waals surface area (Å²) in [6.07, 6.45) is 7.95. The minimum Gasteiger partial charge on any atom is -0.748 e. The molecular weight excluding hydrogens is 407 g/mol. The Hall–Kier alpha value is 0.130. The van der Waals surface area contributed by atoms with Crippen LogP contribution >= 0.6 is 0 Å². The van der Waals surface area contributed by atoms with E-state index in [-0.39, 0.29) is 59.5 Å². The molecule has 10 heteroatoms. The molecule has 1 aliphatic heterocycles. The molecule has 29 heavy (non-hydrogen) atoms. The first kappa shape index (κ1) is 29.1. The van der Waals surface area contributed by atoms with Crippen LogP contribution < -0.4 is 29.6 Å². The molecule has 0 aromatic rings. The number of amidine groups is 1. The first-order valence-electron chi connectivity index (χ1n) is 10.4. The third-order valence-electron chi connectivity index (χ3n) is 5.23. The van der Waals surface area contributed by atoms with Crippen molar-refractivity contribution >= 4 is 21.7 Å². The molecule has 1 rings (SSSR count). The van der Waals surface area contributed by atoms with Crippen molar-refractivity contribution in [2.24, 2.45) is 4.99 Å². The van der Waals surface area contributed by atoms with Gasteiger partial charge in [-0.1, -0.05) is 51.9 Å². The third-order valence-corrected chi connectivity index (χ3v) is 6.02. The van der Waals surface area contributed by atoms with Gasteiger partial charge in [0.05, 0.1) is 29.0 Å². The van der Waals surface area contributed by atoms with Crippen LogP contribution in [0.1, 0.15) is 64.7 Å². The number of rotatable bonds is 16. The number of aliphatic imine (C=N–C) groups is 1. The minimum absolute atomic E-state index is 0. The maximum Gasteiger partial charge on any atom is 1.00 e. The normalized spacial score (nSPS) is 20.2. The Morgan fingerprint density at radius 1 is 1.17 bits per heavy atom. The second kappa shape index (κ2) is 15.0. The molecule has 1 aliphatic rings. The fourth-order valence-corrected chi connectivity index (χ4v) is 4.43. The molecule has 8 nitrogen and oxygen atoms in total. The zero-order valence-corrected chi connectivity index (χ0v) is 20.8. The van der Waals surface area contributed by atoms with Crippen LogP contribution in [0.2, 0.25) is 0 Å². The number of Topliss-reactive ketones (excluding diaryl/α,β-unsaturated/α-hetero) is 1. The van der Waals surface area contributed by atoms with Crippen molar-refractivity contribution in [3.8, 4) is 0 Å². The molecule has 0 bridgehead atoms. The SMILES string of the molecule is CCCCCCCCCCC(=O)C1=NCC[N+]1(CCO)CC(O)CS(=O)(=O)[O-].[Na+]. The Labute approximate surface area is 197 Å². The van der Waals surface area contributed by atoms with E-state index in [9.17, 15) is 28.0 Å². The molecule has 0 aromatic heterocycles. The summed E-state index contributed by atoms with van der Waals surface area (Å²) in [4.78, 5) is 17.0. The van der Waals surface area contributed by atoms with Gasteiger partial charge in [-0.2, -0.15) is 0 Å². The van der Waals surface area contributed by atoms with E-state index in [0.717, 1.165) is 19.3 Å². The zero-order chi connectivity index (χ0) is 21.0. The van der Waals surface area contributed by atoms with Gasteiger partial charge in [0, 0.05) is 6.42 Å². The average Bonchev–Trinajstić information content (AvgIpc) is 2.98. The van der Waals surface area contributed by atoms with Gasteiger partial charge in [0.25, 0.3) is 5.84 Å². The number of hydrogen-bond donors (Lipinski definition) is 2. The van der Waals surface area contributed by atoms with Crippen LogP contribution in [0.25, 0.3) is 0 Å². The van der Waals surface area contributed by atoms with E-state index in [1.54, 1.807) is 0 Å². The standard InChI is InChI=1S/C19H36N2O6S.Na/c1-2-3-4-5-6-7-8-9-10-18(24)19-20-11-12-21(19,13-14-22)15-17(23)16-28(25,26)27;/h17,22-23H,2-16H2,1H3;/q;+1. The van der Waals surface area contributed by atoms with E-state index in [2.05, 4.69) is 11.9 Å². The van der Waals surface area contributed by atoms with Crippen molar-refractivity contribution in [1.29, 1.82) is 0 Å². The molecular formula is C19H36N2NaO6S+. The molecule has 0 aliphatic carbocycles. The molecule has 2 unspecified atom stereocenters. The van der Waals surface area contributed by atoms with Gasteiger partial charge in [-0.3, -0.25) is 9.28 Å². The maximum atomic E-state index is 12.7. The van der Waals surface area contributed by atoms with E-state index in [0.29, 0.717) is 25.3 Å². The number of aliphatic hydroxyl groups is 2. The summed E-state index contributed by atoms with van der Waals surface area (Å²) in [5.74, 6) is -0.730. The van der Waals surface area contributed by atoms with Gasteiger partial charge in [-0.15, -0.1) is 0 Å². The second-order valence-corrected chi connectivity index (χ2v) is 9.18. The molecule has 0 saturated heterocycles. The van der Waals surface area contributed by atoms with Gasteiger partial charge in [-0.25, -0.2) is 13.4 Å². The monoisotopic (exact) mass is 443 g/mol. The predicted molar refractivity (Wildman–Crippen MR) is 107 cm³/mol. The molecule has 2 N–H and O–H groups in total. The fraction of sp³-hybridized carbons (Fsp3) is 0.895. The zero-order valence-electron chi connectivity index (χ0n) is 18.0. The molecule has 0 aromatic carbocycles. The van der Waals surface area contributed by atoms with Gasteiger partial charge in [0.15, 0.2) is 0 Å². The van der Waals surface area contributed by atoms with Crippen molar-refractivity contribution in [1.82, 2.24) is 0 Å². The summed E-state index contributed by atoms with van der Waals surface area (Å²) in [5, 5.41) is 19.5. The van der Waals surface area contributed by atoms with Gasteiger partial charge in [0.1, 0.15) is 25.7 Å². The quantitative estimate of drug-likeness (QED) is 0.126. The molecule has 164 valence electrons. The molecule has 1 heterocycles. The van der Waals surface area contributed by atoms with Crippen LogP contribution in [0, 0.1) is 0 Å². The van der Waals surface area contributed by atoms with Gasteiger partial charge >= 0.3 is 29.6 Å². The Balaban J connectivity index is 0.00000784. The van der Waals surface area contributed by atoms with Crippen LogP contribution in [0.4, 0.5) is 0 Å². The van der Waals surface area contributed by atoms with E-state index >= 15 is 0 Å². The summed E-state index contributed by atoms with van der Waals surface area (Å²) < 4.78 is 32.7. The second-order valence-electron chi connectivity index (χ2n) is 7.73. The molecule has 2 atom stereocenters. The predicted octanol–water partition coefficient (Wildman–Crippen LogP) is -1.78. The minimum atomic E-state index is -4.57. The largest absolute Gasteiger partial charge is 1.00 e. The number of carbonyl (C=O) groups is 1. The van der Waals surface area contributed by atoms with E-state index < -0.39 is 22.0 Å². The Morgan fingerprint density at radius 2 is 1.76 bits per heavy atom. The summed E-state index contributed by atoms with van der Waals surface area (Å²) in [7, 11) is -4.57. The van der Waals surface area contributed by atoms with Gasteiger partial charge in [0.2, 0.25) is 5.78 Å². The first-order chi connectivity index (χ1) is 13.2. The van der Waals surface area contributed by atoms with Gasteiger partial charge in [-0.05, 0) is 6.42 Å². The smallest absolute Gasteiger partial charge is 0.748 e. The molecule has 0 radical (unpaired) electrons. The third kappa shape index (κ3) is 11.4. The Morgan fingerprint density at radius 3 is 2.31 bits per heavy atom. The molecule has 0 spiro atoms. The number of ketones is 1. The van der Waals surface area contributed by atoms with Crippen LogP contribution in [-0.2, 0) is 14.9 Å². The van der Waals surface area contributed by atoms with E-state index in [1.807, 2.05) is 0 Å². The Kier molecular flexibility index (Phi) is 15.1. The van der Waals surface area contributed by atoms with E-state index in [4.69, 9.17) is 0 Å². The van der Waals surface area contributed by atoms with Crippen LogP contribution in [0.3, 0.4) is 0 Å². The van der Waals surface area contributed by atoms with Crippen molar-refractivity contribution in [2.45, 2.75) is 70.8 Å².